The Morgan fingerprint density at radius 1 is 1.27 bits per heavy atom. The van der Waals surface area contributed by atoms with E-state index in [-0.39, 0.29) is 29.2 Å². The second-order valence-corrected chi connectivity index (χ2v) is 5.52. The summed E-state index contributed by atoms with van der Waals surface area (Å²) in [6.45, 7) is 0.0756. The minimum absolute atomic E-state index is 0.0109. The van der Waals surface area contributed by atoms with Crippen molar-refractivity contribution in [2.24, 2.45) is 0 Å². The van der Waals surface area contributed by atoms with Gasteiger partial charge >= 0.3 is 0 Å². The van der Waals surface area contributed by atoms with Crippen LogP contribution in [0.3, 0.4) is 0 Å². The summed E-state index contributed by atoms with van der Waals surface area (Å²) in [4.78, 5) is 23.5. The van der Waals surface area contributed by atoms with Crippen molar-refractivity contribution in [3.05, 3.63) is 68.6 Å². The number of nitrogens with zero attached hydrogens (tertiary/aromatic N) is 1. The average molecular weight is 341 g/mol. The zero-order valence-corrected chi connectivity index (χ0v) is 13.0. The van der Waals surface area contributed by atoms with Gasteiger partial charge in [-0.3, -0.25) is 9.59 Å². The van der Waals surface area contributed by atoms with Crippen molar-refractivity contribution in [1.82, 2.24) is 9.88 Å². The first-order valence-electron chi connectivity index (χ1n) is 6.54. The topological polar surface area (TPSA) is 71.3 Å². The van der Waals surface area contributed by atoms with Crippen molar-refractivity contribution in [3.8, 4) is 0 Å². The number of aliphatic hydroxyl groups excluding tert-OH is 1. The van der Waals surface area contributed by atoms with Gasteiger partial charge in [0, 0.05) is 23.8 Å². The second kappa shape index (κ2) is 7.45. The standard InChI is InChI=1S/C15H14Cl2N2O3/c16-10-4-5-13(17)12(7-10)15(22)18-8-11(20)9-19-6-2-1-3-14(19)21/h1-7,11,20H,8-9H2,(H,18,22)/t11-/m1/s1. The Bertz CT molecular complexity index is 731. The van der Waals surface area contributed by atoms with Crippen molar-refractivity contribution in [3.63, 3.8) is 0 Å². The average Bonchev–Trinajstić information content (AvgIpc) is 2.49. The first-order valence-corrected chi connectivity index (χ1v) is 7.30. The van der Waals surface area contributed by atoms with Gasteiger partial charge in [0.05, 0.1) is 23.2 Å². The van der Waals surface area contributed by atoms with Crippen molar-refractivity contribution in [2.75, 3.05) is 6.54 Å². The quantitative estimate of drug-likeness (QED) is 0.873. The van der Waals surface area contributed by atoms with E-state index in [0.29, 0.717) is 5.02 Å². The Labute approximate surface area is 137 Å². The molecule has 0 spiro atoms. The molecule has 22 heavy (non-hydrogen) atoms. The smallest absolute Gasteiger partial charge is 0.252 e. The number of aromatic nitrogens is 1. The van der Waals surface area contributed by atoms with Gasteiger partial charge in [0.15, 0.2) is 0 Å². The zero-order chi connectivity index (χ0) is 16.1. The van der Waals surface area contributed by atoms with Gasteiger partial charge in [-0.25, -0.2) is 0 Å². The molecule has 1 heterocycles. The number of hydrogen-bond donors (Lipinski definition) is 2. The molecule has 0 aliphatic heterocycles. The first-order chi connectivity index (χ1) is 10.5. The van der Waals surface area contributed by atoms with Crippen molar-refractivity contribution in [2.45, 2.75) is 12.6 Å². The summed E-state index contributed by atoms with van der Waals surface area (Å²) < 4.78 is 1.36. The van der Waals surface area contributed by atoms with Gasteiger partial charge in [-0.2, -0.15) is 0 Å². The van der Waals surface area contributed by atoms with E-state index in [1.54, 1.807) is 24.4 Å². The van der Waals surface area contributed by atoms with Crippen molar-refractivity contribution in [1.29, 1.82) is 0 Å². The van der Waals surface area contributed by atoms with Crippen LogP contribution in [-0.4, -0.2) is 28.2 Å². The van der Waals surface area contributed by atoms with Gasteiger partial charge in [-0.05, 0) is 24.3 Å². The zero-order valence-electron chi connectivity index (χ0n) is 11.5. The molecule has 1 aromatic carbocycles. The third kappa shape index (κ3) is 4.34. The summed E-state index contributed by atoms with van der Waals surface area (Å²) in [5.74, 6) is -0.438. The predicted molar refractivity (Wildman–Crippen MR) is 85.5 cm³/mol. The van der Waals surface area contributed by atoms with Gasteiger partial charge in [0.1, 0.15) is 0 Å². The maximum absolute atomic E-state index is 12.0. The van der Waals surface area contributed by atoms with Crippen molar-refractivity contribution < 1.29 is 9.90 Å². The lowest BCUT2D eigenvalue weighted by Crippen LogP contribution is -2.36. The fourth-order valence-electron chi connectivity index (χ4n) is 1.88. The number of amides is 1. The summed E-state index contributed by atoms with van der Waals surface area (Å²) >= 11 is 11.8. The molecule has 1 atom stereocenters. The molecule has 0 fully saturated rings. The lowest BCUT2D eigenvalue weighted by atomic mass is 10.2. The molecule has 1 amide bonds. The van der Waals surface area contributed by atoms with Crippen LogP contribution < -0.4 is 10.9 Å². The largest absolute Gasteiger partial charge is 0.389 e. The molecule has 0 saturated heterocycles. The monoisotopic (exact) mass is 340 g/mol. The number of carbonyl (C=O) groups is 1. The number of nitrogens with one attached hydrogen (secondary N) is 1. The molecule has 0 aliphatic rings. The number of pyridine rings is 1. The normalized spacial score (nSPS) is 12.0. The number of benzene rings is 1. The molecular formula is C15H14Cl2N2O3. The summed E-state index contributed by atoms with van der Waals surface area (Å²) in [5.41, 5.74) is 0.0176. The fraction of sp³-hybridized carbons (Fsp3) is 0.200. The SMILES string of the molecule is O=C(NC[C@@H](O)Cn1ccccc1=O)c1cc(Cl)ccc1Cl. The summed E-state index contributed by atoms with van der Waals surface area (Å²) in [7, 11) is 0. The highest BCUT2D eigenvalue weighted by Gasteiger charge is 2.13. The maximum Gasteiger partial charge on any atom is 0.252 e. The molecule has 5 nitrogen and oxygen atoms in total. The van der Waals surface area contributed by atoms with Gasteiger partial charge in [0.25, 0.3) is 11.5 Å². The van der Waals surface area contributed by atoms with Gasteiger partial charge in [-0.15, -0.1) is 0 Å². The van der Waals surface area contributed by atoms with E-state index in [9.17, 15) is 14.7 Å². The van der Waals surface area contributed by atoms with Gasteiger partial charge < -0.3 is 15.0 Å². The molecule has 0 bridgehead atoms. The molecular weight excluding hydrogens is 327 g/mol. The van der Waals surface area contributed by atoms with E-state index < -0.39 is 12.0 Å². The Morgan fingerprint density at radius 3 is 2.77 bits per heavy atom. The van der Waals surface area contributed by atoms with Crippen LogP contribution >= 0.6 is 23.2 Å². The molecule has 116 valence electrons. The van der Waals surface area contributed by atoms with Crippen LogP contribution in [0.1, 0.15) is 10.4 Å². The Balaban J connectivity index is 1.95. The Hall–Kier alpha value is -1.82. The molecule has 0 aliphatic carbocycles. The Morgan fingerprint density at radius 2 is 2.05 bits per heavy atom. The maximum atomic E-state index is 12.0. The van der Waals surface area contributed by atoms with Crippen LogP contribution in [0.15, 0.2) is 47.4 Å². The molecule has 2 aromatic rings. The molecule has 0 radical (unpaired) electrons. The highest BCUT2D eigenvalue weighted by Crippen LogP contribution is 2.20. The van der Waals surface area contributed by atoms with Crippen molar-refractivity contribution >= 4 is 29.1 Å². The third-order valence-electron chi connectivity index (χ3n) is 2.98. The molecule has 2 N–H and O–H groups in total. The predicted octanol–water partition coefficient (Wildman–Crippen LogP) is 1.95. The fourth-order valence-corrected chi connectivity index (χ4v) is 2.26. The van der Waals surface area contributed by atoms with E-state index >= 15 is 0 Å². The van der Waals surface area contributed by atoms with Crippen LogP contribution in [0.4, 0.5) is 0 Å². The van der Waals surface area contributed by atoms with E-state index in [4.69, 9.17) is 23.2 Å². The van der Waals surface area contributed by atoms with Crippen LogP contribution in [0, 0.1) is 0 Å². The summed E-state index contributed by atoms with van der Waals surface area (Å²) in [6.07, 6.45) is 0.670. The lowest BCUT2D eigenvalue weighted by Gasteiger charge is -2.14. The van der Waals surface area contributed by atoms with Crippen LogP contribution in [-0.2, 0) is 6.54 Å². The van der Waals surface area contributed by atoms with E-state index in [2.05, 4.69) is 5.32 Å². The Kier molecular flexibility index (Phi) is 5.60. The minimum atomic E-state index is -0.901. The van der Waals surface area contributed by atoms with E-state index in [0.717, 1.165) is 0 Å². The highest BCUT2D eigenvalue weighted by molar-refractivity contribution is 6.35. The molecule has 0 saturated carbocycles. The second-order valence-electron chi connectivity index (χ2n) is 4.68. The summed E-state index contributed by atoms with van der Waals surface area (Å²) in [6, 6.07) is 9.27. The minimum Gasteiger partial charge on any atom is -0.389 e. The van der Waals surface area contributed by atoms with Gasteiger partial charge in [-0.1, -0.05) is 29.3 Å². The van der Waals surface area contributed by atoms with E-state index in [1.807, 2.05) is 0 Å². The third-order valence-corrected chi connectivity index (χ3v) is 3.54. The molecule has 1 aromatic heterocycles. The van der Waals surface area contributed by atoms with Crippen LogP contribution in [0.25, 0.3) is 0 Å². The van der Waals surface area contributed by atoms with Gasteiger partial charge in [0.2, 0.25) is 0 Å². The number of rotatable bonds is 5. The summed E-state index contributed by atoms with van der Waals surface area (Å²) in [5, 5.41) is 13.1. The molecule has 7 heteroatoms. The number of aliphatic hydroxyl groups is 1. The number of halogens is 2. The van der Waals surface area contributed by atoms with E-state index in [1.165, 1.54) is 22.8 Å². The first kappa shape index (κ1) is 16.5. The lowest BCUT2D eigenvalue weighted by molar-refractivity contribution is 0.0903. The number of hydrogen-bond acceptors (Lipinski definition) is 3. The van der Waals surface area contributed by atoms with Crippen LogP contribution in [0.2, 0.25) is 10.0 Å². The molecule has 0 unspecified atom stereocenters. The highest BCUT2D eigenvalue weighted by atomic mass is 35.5. The number of carbonyl (C=O) groups excluding carboxylic acids is 1. The molecule has 2 rings (SSSR count). The van der Waals surface area contributed by atoms with Crippen LogP contribution in [0.5, 0.6) is 0 Å².